The molecule has 2 rings (SSSR count). The Morgan fingerprint density at radius 3 is 2.15 bits per heavy atom. The van der Waals surface area contributed by atoms with E-state index < -0.39 is 0 Å². The Hall–Kier alpha value is -0.560. The summed E-state index contributed by atoms with van der Waals surface area (Å²) < 4.78 is 0. The van der Waals surface area contributed by atoms with Gasteiger partial charge in [0, 0.05) is 19.1 Å². The molecule has 72 valence electrons. The summed E-state index contributed by atoms with van der Waals surface area (Å²) in [7, 11) is 0. The van der Waals surface area contributed by atoms with Crippen molar-refractivity contribution in [2.24, 2.45) is 0 Å². The van der Waals surface area contributed by atoms with Gasteiger partial charge in [-0.05, 0) is 32.1 Å². The minimum absolute atomic E-state index is 0.847. The fraction of sp³-hybridized carbons (Fsp3) is 0.667. The predicted molar refractivity (Wildman–Crippen MR) is 56.7 cm³/mol. The highest BCUT2D eigenvalue weighted by Gasteiger charge is 2.18. The van der Waals surface area contributed by atoms with Gasteiger partial charge in [-0.1, -0.05) is 24.3 Å². The number of allylic oxidation sites excluding steroid dienone is 2. The lowest BCUT2D eigenvalue weighted by molar-refractivity contribution is 0.197. The van der Waals surface area contributed by atoms with Gasteiger partial charge in [0.15, 0.2) is 0 Å². The van der Waals surface area contributed by atoms with Crippen LogP contribution < -0.4 is 0 Å². The van der Waals surface area contributed by atoms with Crippen molar-refractivity contribution < 1.29 is 0 Å². The van der Waals surface area contributed by atoms with Crippen LogP contribution in [-0.2, 0) is 0 Å². The Kier molecular flexibility index (Phi) is 3.20. The van der Waals surface area contributed by atoms with Gasteiger partial charge in [-0.3, -0.25) is 4.90 Å². The summed E-state index contributed by atoms with van der Waals surface area (Å²) in [5, 5.41) is 0. The average molecular weight is 177 g/mol. The molecule has 0 atom stereocenters. The standard InChI is InChI=1S/C12H19N/c1-2-5-9-12(8-4-1)13-10-6-3-7-11-13/h1-3,6,12H,4-5,7-11H2. The topological polar surface area (TPSA) is 3.24 Å². The number of hydrogen-bond donors (Lipinski definition) is 0. The third kappa shape index (κ3) is 2.44. The van der Waals surface area contributed by atoms with Crippen LogP contribution in [0.1, 0.15) is 32.1 Å². The van der Waals surface area contributed by atoms with Gasteiger partial charge in [0.2, 0.25) is 0 Å². The summed E-state index contributed by atoms with van der Waals surface area (Å²) in [6.07, 6.45) is 15.9. The normalized spacial score (nSPS) is 26.2. The summed E-state index contributed by atoms with van der Waals surface area (Å²) in [5.41, 5.74) is 0. The van der Waals surface area contributed by atoms with Crippen molar-refractivity contribution in [2.45, 2.75) is 38.1 Å². The molecule has 1 aliphatic heterocycles. The fourth-order valence-corrected chi connectivity index (χ4v) is 2.31. The first-order valence-corrected chi connectivity index (χ1v) is 5.51. The molecule has 0 saturated carbocycles. The van der Waals surface area contributed by atoms with E-state index in [1.165, 1.54) is 45.2 Å². The van der Waals surface area contributed by atoms with Gasteiger partial charge in [-0.25, -0.2) is 0 Å². The second kappa shape index (κ2) is 4.61. The van der Waals surface area contributed by atoms with Gasteiger partial charge in [-0.2, -0.15) is 0 Å². The zero-order chi connectivity index (χ0) is 8.93. The molecule has 0 saturated heterocycles. The molecule has 1 aliphatic carbocycles. The smallest absolute Gasteiger partial charge is 0.0166 e. The van der Waals surface area contributed by atoms with Gasteiger partial charge >= 0.3 is 0 Å². The van der Waals surface area contributed by atoms with Crippen molar-refractivity contribution in [3.63, 3.8) is 0 Å². The van der Waals surface area contributed by atoms with E-state index in [0.29, 0.717) is 0 Å². The van der Waals surface area contributed by atoms with E-state index in [1.54, 1.807) is 0 Å². The third-order valence-corrected chi connectivity index (χ3v) is 3.11. The van der Waals surface area contributed by atoms with E-state index in [0.717, 1.165) is 6.04 Å². The molecule has 0 aromatic carbocycles. The Bertz CT molecular complexity index is 195. The van der Waals surface area contributed by atoms with Gasteiger partial charge in [-0.15, -0.1) is 0 Å². The van der Waals surface area contributed by atoms with E-state index in [1.807, 2.05) is 0 Å². The highest BCUT2D eigenvalue weighted by molar-refractivity contribution is 4.96. The van der Waals surface area contributed by atoms with Gasteiger partial charge < -0.3 is 0 Å². The van der Waals surface area contributed by atoms with E-state index in [4.69, 9.17) is 0 Å². The van der Waals surface area contributed by atoms with E-state index in [2.05, 4.69) is 29.2 Å². The van der Waals surface area contributed by atoms with Crippen molar-refractivity contribution >= 4 is 0 Å². The van der Waals surface area contributed by atoms with Crippen molar-refractivity contribution in [1.82, 2.24) is 4.90 Å². The highest BCUT2D eigenvalue weighted by Crippen LogP contribution is 2.19. The zero-order valence-electron chi connectivity index (χ0n) is 8.28. The van der Waals surface area contributed by atoms with E-state index in [-0.39, 0.29) is 0 Å². The first-order chi connectivity index (χ1) is 6.47. The SMILES string of the molecule is C1=CCCC(N2CC=CCC2)CC1. The summed E-state index contributed by atoms with van der Waals surface area (Å²) in [5.74, 6) is 0. The first-order valence-electron chi connectivity index (χ1n) is 5.51. The van der Waals surface area contributed by atoms with Crippen LogP contribution in [0, 0.1) is 0 Å². The lowest BCUT2D eigenvalue weighted by Crippen LogP contribution is -2.37. The zero-order valence-corrected chi connectivity index (χ0v) is 8.28. The second-order valence-corrected chi connectivity index (χ2v) is 4.03. The third-order valence-electron chi connectivity index (χ3n) is 3.11. The van der Waals surface area contributed by atoms with Crippen LogP contribution in [0.3, 0.4) is 0 Å². The van der Waals surface area contributed by atoms with Crippen LogP contribution in [0.4, 0.5) is 0 Å². The molecule has 0 aromatic rings. The minimum atomic E-state index is 0.847. The maximum atomic E-state index is 2.65. The van der Waals surface area contributed by atoms with Gasteiger partial charge in [0.05, 0.1) is 0 Å². The van der Waals surface area contributed by atoms with Gasteiger partial charge in [0.1, 0.15) is 0 Å². The molecule has 0 aromatic heterocycles. The Labute approximate surface area is 81.1 Å². The maximum Gasteiger partial charge on any atom is 0.0166 e. The Morgan fingerprint density at radius 1 is 0.846 bits per heavy atom. The number of hydrogen-bond acceptors (Lipinski definition) is 1. The molecule has 0 amide bonds. The summed E-state index contributed by atoms with van der Waals surface area (Å²) in [6.45, 7) is 2.46. The molecular formula is C12H19N. The molecule has 13 heavy (non-hydrogen) atoms. The predicted octanol–water partition coefficient (Wildman–Crippen LogP) is 2.75. The van der Waals surface area contributed by atoms with Crippen LogP contribution in [0.25, 0.3) is 0 Å². The molecule has 0 N–H and O–H groups in total. The van der Waals surface area contributed by atoms with Crippen LogP contribution >= 0.6 is 0 Å². The second-order valence-electron chi connectivity index (χ2n) is 4.03. The largest absolute Gasteiger partial charge is 0.296 e. The lowest BCUT2D eigenvalue weighted by Gasteiger charge is -2.31. The molecule has 2 aliphatic rings. The fourth-order valence-electron chi connectivity index (χ4n) is 2.31. The van der Waals surface area contributed by atoms with Crippen LogP contribution in [0.5, 0.6) is 0 Å². The number of rotatable bonds is 1. The first kappa shape index (κ1) is 9.01. The molecule has 0 radical (unpaired) electrons. The maximum absolute atomic E-state index is 2.65. The van der Waals surface area contributed by atoms with Crippen LogP contribution in [-0.4, -0.2) is 24.0 Å². The molecule has 0 bridgehead atoms. The molecule has 1 heterocycles. The molecule has 0 spiro atoms. The summed E-state index contributed by atoms with van der Waals surface area (Å²) >= 11 is 0. The molecule has 0 fully saturated rings. The van der Waals surface area contributed by atoms with E-state index >= 15 is 0 Å². The summed E-state index contributed by atoms with van der Waals surface area (Å²) in [4.78, 5) is 2.65. The van der Waals surface area contributed by atoms with Crippen LogP contribution in [0.2, 0.25) is 0 Å². The summed E-state index contributed by atoms with van der Waals surface area (Å²) in [6, 6.07) is 0.847. The lowest BCUT2D eigenvalue weighted by atomic mass is 10.1. The number of nitrogens with zero attached hydrogens (tertiary/aromatic N) is 1. The highest BCUT2D eigenvalue weighted by atomic mass is 15.1. The van der Waals surface area contributed by atoms with Crippen molar-refractivity contribution in [2.75, 3.05) is 13.1 Å². The Morgan fingerprint density at radius 2 is 1.54 bits per heavy atom. The quantitative estimate of drug-likeness (QED) is 0.557. The van der Waals surface area contributed by atoms with Crippen molar-refractivity contribution in [3.8, 4) is 0 Å². The van der Waals surface area contributed by atoms with Crippen LogP contribution in [0.15, 0.2) is 24.3 Å². The molecule has 1 heteroatoms. The molecule has 1 nitrogen and oxygen atoms in total. The van der Waals surface area contributed by atoms with Crippen molar-refractivity contribution in [3.05, 3.63) is 24.3 Å². The van der Waals surface area contributed by atoms with Crippen molar-refractivity contribution in [1.29, 1.82) is 0 Å². The van der Waals surface area contributed by atoms with E-state index in [9.17, 15) is 0 Å². The molecular weight excluding hydrogens is 158 g/mol. The minimum Gasteiger partial charge on any atom is -0.296 e. The Balaban J connectivity index is 1.88. The average Bonchev–Trinajstić information content (AvgIpc) is 2.47. The van der Waals surface area contributed by atoms with Gasteiger partial charge in [0.25, 0.3) is 0 Å². The molecule has 0 unspecified atom stereocenters. The monoisotopic (exact) mass is 177 g/mol.